The van der Waals surface area contributed by atoms with Crippen LogP contribution in [0, 0.1) is 0 Å². The van der Waals surface area contributed by atoms with Gasteiger partial charge in [0.25, 0.3) is 0 Å². The summed E-state index contributed by atoms with van der Waals surface area (Å²) in [5.41, 5.74) is 3.54. The van der Waals surface area contributed by atoms with E-state index in [-0.39, 0.29) is 0 Å². The number of allylic oxidation sites excluding steroid dienone is 1. The zero-order valence-corrected chi connectivity index (χ0v) is 18.0. The van der Waals surface area contributed by atoms with E-state index in [1.54, 1.807) is 18.3 Å². The third kappa shape index (κ3) is 5.95. The van der Waals surface area contributed by atoms with Crippen LogP contribution in [0.2, 0.25) is 10.0 Å². The van der Waals surface area contributed by atoms with E-state index in [1.807, 2.05) is 49.4 Å². The average Bonchev–Trinajstić information content (AvgIpc) is 2.76. The van der Waals surface area contributed by atoms with Crippen LogP contribution in [0.5, 0.6) is 0 Å². The summed E-state index contributed by atoms with van der Waals surface area (Å²) in [5.74, 6) is 1.23. The Balaban J connectivity index is 1.55. The topological polar surface area (TPSA) is 74.2 Å². The minimum absolute atomic E-state index is 0.540. The average molecular weight is 441 g/mol. The SMILES string of the molecule is C=Nc1cc(Cl)ccc1/C(=C\C)NCCNc1nccc(Nc2ccc(Cl)cc2)n1. The van der Waals surface area contributed by atoms with Crippen molar-refractivity contribution < 1.29 is 0 Å². The van der Waals surface area contributed by atoms with E-state index in [0.29, 0.717) is 34.9 Å². The van der Waals surface area contributed by atoms with Gasteiger partial charge in [0.05, 0.1) is 5.69 Å². The fraction of sp³-hybridized carbons (Fsp3) is 0.136. The molecule has 3 rings (SSSR count). The van der Waals surface area contributed by atoms with Gasteiger partial charge in [0.1, 0.15) is 5.82 Å². The lowest BCUT2D eigenvalue weighted by atomic mass is 10.1. The van der Waals surface area contributed by atoms with E-state index < -0.39 is 0 Å². The highest BCUT2D eigenvalue weighted by Gasteiger charge is 2.07. The molecule has 0 radical (unpaired) electrons. The van der Waals surface area contributed by atoms with E-state index in [9.17, 15) is 0 Å². The van der Waals surface area contributed by atoms with Gasteiger partial charge in [-0.25, -0.2) is 4.98 Å². The Hall–Kier alpha value is -3.09. The smallest absolute Gasteiger partial charge is 0.224 e. The number of nitrogens with zero attached hydrogens (tertiary/aromatic N) is 3. The van der Waals surface area contributed by atoms with Gasteiger partial charge in [-0.2, -0.15) is 4.98 Å². The lowest BCUT2D eigenvalue weighted by Crippen LogP contribution is -2.22. The number of rotatable bonds is 9. The molecule has 0 aliphatic rings. The third-order valence-electron chi connectivity index (χ3n) is 4.20. The maximum atomic E-state index is 6.05. The van der Waals surface area contributed by atoms with Gasteiger partial charge < -0.3 is 16.0 Å². The van der Waals surface area contributed by atoms with Gasteiger partial charge >= 0.3 is 0 Å². The van der Waals surface area contributed by atoms with Crippen LogP contribution in [0.15, 0.2) is 65.8 Å². The molecule has 8 heteroatoms. The summed E-state index contributed by atoms with van der Waals surface area (Å²) in [6.45, 7) is 6.88. The van der Waals surface area contributed by atoms with Gasteiger partial charge in [-0.15, -0.1) is 0 Å². The Labute approximate surface area is 186 Å². The van der Waals surface area contributed by atoms with Gasteiger partial charge in [0.15, 0.2) is 0 Å². The van der Waals surface area contributed by atoms with E-state index >= 15 is 0 Å². The summed E-state index contributed by atoms with van der Waals surface area (Å²) >= 11 is 12.0. The maximum absolute atomic E-state index is 6.05. The normalized spacial score (nSPS) is 11.1. The Morgan fingerprint density at radius 1 is 1.07 bits per heavy atom. The Bertz CT molecular complexity index is 1030. The number of benzene rings is 2. The Kier molecular flexibility index (Phi) is 7.65. The number of anilines is 3. The molecule has 3 aromatic rings. The number of hydrogen-bond acceptors (Lipinski definition) is 6. The second-order valence-corrected chi connectivity index (χ2v) is 7.15. The first kappa shape index (κ1) is 21.6. The first-order valence-corrected chi connectivity index (χ1v) is 10.1. The van der Waals surface area contributed by atoms with E-state index in [2.05, 4.69) is 37.6 Å². The molecule has 0 amide bonds. The van der Waals surface area contributed by atoms with Crippen LogP contribution in [0.1, 0.15) is 12.5 Å². The predicted molar refractivity (Wildman–Crippen MR) is 128 cm³/mol. The second-order valence-electron chi connectivity index (χ2n) is 6.27. The number of halogens is 2. The molecule has 0 saturated carbocycles. The van der Waals surface area contributed by atoms with Crippen molar-refractivity contribution in [2.45, 2.75) is 6.92 Å². The van der Waals surface area contributed by atoms with Crippen molar-refractivity contribution in [3.05, 3.63) is 76.4 Å². The van der Waals surface area contributed by atoms with Crippen molar-refractivity contribution in [1.29, 1.82) is 0 Å². The standard InChI is InChI=1S/C22H22Cl2N6/c1-3-19(18-9-6-16(24)14-20(18)25-2)26-12-13-28-22-27-11-10-21(30-22)29-17-7-4-15(23)5-8-17/h3-11,14,26H,2,12-13H2,1H3,(H2,27,28,29,30)/b19-3+. The lowest BCUT2D eigenvalue weighted by molar-refractivity contribution is 0.875. The zero-order valence-electron chi connectivity index (χ0n) is 16.5. The van der Waals surface area contributed by atoms with Crippen molar-refractivity contribution in [2.75, 3.05) is 23.7 Å². The summed E-state index contributed by atoms with van der Waals surface area (Å²) in [7, 11) is 0. The molecule has 0 atom stereocenters. The quantitative estimate of drug-likeness (QED) is 0.284. The molecule has 0 aliphatic carbocycles. The number of hydrogen-bond donors (Lipinski definition) is 3. The molecule has 1 heterocycles. The van der Waals surface area contributed by atoms with E-state index in [1.165, 1.54) is 0 Å². The minimum Gasteiger partial charge on any atom is -0.383 e. The molecule has 0 unspecified atom stereocenters. The van der Waals surface area contributed by atoms with Gasteiger partial charge in [-0.05, 0) is 62.2 Å². The third-order valence-corrected chi connectivity index (χ3v) is 4.69. The first-order valence-electron chi connectivity index (χ1n) is 9.35. The molecular formula is C22H22Cl2N6. The summed E-state index contributed by atoms with van der Waals surface area (Å²) < 4.78 is 0. The summed E-state index contributed by atoms with van der Waals surface area (Å²) in [4.78, 5) is 12.8. The number of nitrogens with one attached hydrogen (secondary N) is 3. The van der Waals surface area contributed by atoms with Crippen LogP contribution in [0.4, 0.5) is 23.1 Å². The predicted octanol–water partition coefficient (Wildman–Crippen LogP) is 5.92. The molecule has 0 bridgehead atoms. The van der Waals surface area contributed by atoms with Gasteiger partial charge in [0, 0.05) is 46.3 Å². The molecule has 0 saturated heterocycles. The fourth-order valence-corrected chi connectivity index (χ4v) is 3.07. The summed E-state index contributed by atoms with van der Waals surface area (Å²) in [6, 6.07) is 14.8. The molecule has 6 nitrogen and oxygen atoms in total. The van der Waals surface area contributed by atoms with E-state index in [0.717, 1.165) is 22.6 Å². The summed E-state index contributed by atoms with van der Waals surface area (Å²) in [6.07, 6.45) is 3.69. The minimum atomic E-state index is 0.540. The van der Waals surface area contributed by atoms with E-state index in [4.69, 9.17) is 23.2 Å². The molecule has 154 valence electrons. The zero-order chi connectivity index (χ0) is 21.3. The second kappa shape index (κ2) is 10.6. The molecule has 30 heavy (non-hydrogen) atoms. The highest BCUT2D eigenvalue weighted by atomic mass is 35.5. The van der Waals surface area contributed by atoms with Crippen LogP contribution in [-0.4, -0.2) is 29.8 Å². The molecular weight excluding hydrogens is 419 g/mol. The number of aromatic nitrogens is 2. The van der Waals surface area contributed by atoms with Gasteiger partial charge in [0.2, 0.25) is 5.95 Å². The van der Waals surface area contributed by atoms with Gasteiger partial charge in [-0.3, -0.25) is 4.99 Å². The van der Waals surface area contributed by atoms with Crippen LogP contribution in [0.3, 0.4) is 0 Å². The highest BCUT2D eigenvalue weighted by molar-refractivity contribution is 6.31. The van der Waals surface area contributed by atoms with Crippen LogP contribution in [-0.2, 0) is 0 Å². The van der Waals surface area contributed by atoms with Crippen molar-refractivity contribution in [3.8, 4) is 0 Å². The largest absolute Gasteiger partial charge is 0.383 e. The Morgan fingerprint density at radius 3 is 2.57 bits per heavy atom. The highest BCUT2D eigenvalue weighted by Crippen LogP contribution is 2.28. The monoisotopic (exact) mass is 440 g/mol. The van der Waals surface area contributed by atoms with Crippen molar-refractivity contribution in [3.63, 3.8) is 0 Å². The van der Waals surface area contributed by atoms with Crippen LogP contribution < -0.4 is 16.0 Å². The molecule has 0 aliphatic heterocycles. The first-order chi connectivity index (χ1) is 14.6. The fourth-order valence-electron chi connectivity index (χ4n) is 2.78. The van der Waals surface area contributed by atoms with Crippen molar-refractivity contribution in [1.82, 2.24) is 15.3 Å². The van der Waals surface area contributed by atoms with Crippen LogP contribution >= 0.6 is 23.2 Å². The number of aliphatic imine (C=N–C) groups is 1. The van der Waals surface area contributed by atoms with Gasteiger partial charge in [-0.1, -0.05) is 29.3 Å². The lowest BCUT2D eigenvalue weighted by Gasteiger charge is -2.14. The maximum Gasteiger partial charge on any atom is 0.224 e. The molecule has 2 aromatic carbocycles. The summed E-state index contributed by atoms with van der Waals surface area (Å²) in [5, 5.41) is 11.2. The van der Waals surface area contributed by atoms with Crippen molar-refractivity contribution >= 4 is 58.8 Å². The van der Waals surface area contributed by atoms with Crippen molar-refractivity contribution in [2.24, 2.45) is 4.99 Å². The molecule has 0 fully saturated rings. The molecule has 3 N–H and O–H groups in total. The van der Waals surface area contributed by atoms with Crippen LogP contribution in [0.25, 0.3) is 5.70 Å². The molecule has 1 aromatic heterocycles. The Morgan fingerprint density at radius 2 is 1.83 bits per heavy atom. The molecule has 0 spiro atoms.